The minimum atomic E-state index is -0.0887. The Labute approximate surface area is 166 Å². The Morgan fingerprint density at radius 3 is 2.26 bits per heavy atom. The van der Waals surface area contributed by atoms with Gasteiger partial charge in [0.25, 0.3) is 0 Å². The van der Waals surface area contributed by atoms with Crippen molar-refractivity contribution in [2.75, 3.05) is 25.5 Å². The molecule has 1 N–H and O–H groups in total. The molecule has 5 heteroatoms. The molecular weight excluding hydrogens is 358 g/mol. The van der Waals surface area contributed by atoms with E-state index in [1.807, 2.05) is 49.4 Å². The van der Waals surface area contributed by atoms with E-state index >= 15 is 0 Å². The first-order valence-corrected chi connectivity index (χ1v) is 10.5. The molecule has 0 aliphatic heterocycles. The summed E-state index contributed by atoms with van der Waals surface area (Å²) in [6, 6.07) is 17.8. The number of thioether (sulfide) groups is 1. The van der Waals surface area contributed by atoms with Crippen LogP contribution >= 0.6 is 11.8 Å². The molecule has 1 amide bonds. The maximum absolute atomic E-state index is 12.1. The third kappa shape index (κ3) is 8.39. The minimum absolute atomic E-state index is 0.0772. The zero-order valence-electron chi connectivity index (χ0n) is 16.1. The summed E-state index contributed by atoms with van der Waals surface area (Å²) in [7, 11) is 0. The van der Waals surface area contributed by atoms with Gasteiger partial charge in [-0.05, 0) is 49.6 Å². The lowest BCUT2D eigenvalue weighted by molar-refractivity contribution is -0.120. The summed E-state index contributed by atoms with van der Waals surface area (Å²) in [5, 5.41) is 2.91. The topological polar surface area (TPSA) is 47.6 Å². The summed E-state index contributed by atoms with van der Waals surface area (Å²) in [5.41, 5.74) is 1.23. The molecule has 27 heavy (non-hydrogen) atoms. The molecule has 1 unspecified atom stereocenters. The summed E-state index contributed by atoms with van der Waals surface area (Å²) in [4.78, 5) is 12.1. The molecule has 2 aromatic rings. The van der Waals surface area contributed by atoms with Crippen molar-refractivity contribution in [3.05, 3.63) is 60.2 Å². The van der Waals surface area contributed by atoms with Crippen molar-refractivity contribution in [1.82, 2.24) is 5.32 Å². The highest BCUT2D eigenvalue weighted by molar-refractivity contribution is 8.00. The third-order valence-electron chi connectivity index (χ3n) is 3.94. The fraction of sp³-hybridized carbons (Fsp3) is 0.409. The monoisotopic (exact) mass is 387 g/mol. The van der Waals surface area contributed by atoms with Gasteiger partial charge in [-0.15, -0.1) is 11.8 Å². The predicted octanol–water partition coefficient (Wildman–Crippen LogP) is 4.33. The zero-order chi connectivity index (χ0) is 19.3. The smallest absolute Gasteiger partial charge is 0.232 e. The fourth-order valence-corrected chi connectivity index (χ4v) is 3.20. The molecular formula is C22H29NO3S. The summed E-state index contributed by atoms with van der Waals surface area (Å²) >= 11 is 1.60. The van der Waals surface area contributed by atoms with E-state index in [2.05, 4.69) is 24.4 Å². The van der Waals surface area contributed by atoms with Gasteiger partial charge < -0.3 is 14.8 Å². The molecule has 0 bridgehead atoms. The third-order valence-corrected chi connectivity index (χ3v) is 5.06. The molecule has 1 atom stereocenters. The summed E-state index contributed by atoms with van der Waals surface area (Å²) in [6.07, 6.45) is 1.85. The molecule has 0 aromatic heterocycles. The Balaban J connectivity index is 1.58. The van der Waals surface area contributed by atoms with Crippen molar-refractivity contribution in [3.63, 3.8) is 0 Å². The van der Waals surface area contributed by atoms with Crippen molar-refractivity contribution < 1.29 is 14.3 Å². The lowest BCUT2D eigenvalue weighted by atomic mass is 10.1. The first-order valence-electron chi connectivity index (χ1n) is 9.48. The molecule has 2 aromatic carbocycles. The van der Waals surface area contributed by atoms with E-state index in [0.29, 0.717) is 13.2 Å². The molecule has 0 spiro atoms. The van der Waals surface area contributed by atoms with Crippen molar-refractivity contribution in [2.45, 2.75) is 31.9 Å². The summed E-state index contributed by atoms with van der Waals surface area (Å²) in [6.45, 7) is 5.97. The first-order chi connectivity index (χ1) is 13.2. The fourth-order valence-electron chi connectivity index (χ4n) is 2.43. The molecule has 4 nitrogen and oxygen atoms in total. The zero-order valence-corrected chi connectivity index (χ0v) is 17.0. The van der Waals surface area contributed by atoms with Gasteiger partial charge >= 0.3 is 0 Å². The summed E-state index contributed by atoms with van der Waals surface area (Å²) in [5.74, 6) is 2.52. The van der Waals surface area contributed by atoms with Gasteiger partial charge in [-0.1, -0.05) is 37.3 Å². The number of carbonyl (C=O) groups is 1. The van der Waals surface area contributed by atoms with Crippen molar-refractivity contribution in [3.8, 4) is 11.5 Å². The largest absolute Gasteiger partial charge is 0.494 e. The van der Waals surface area contributed by atoms with Crippen LogP contribution in [0.25, 0.3) is 0 Å². The van der Waals surface area contributed by atoms with E-state index in [4.69, 9.17) is 9.47 Å². The van der Waals surface area contributed by atoms with Crippen LogP contribution in [-0.2, 0) is 11.2 Å². The second kappa shape index (κ2) is 12.3. The molecule has 0 radical (unpaired) electrons. The second-order valence-electron chi connectivity index (χ2n) is 6.21. The van der Waals surface area contributed by atoms with E-state index < -0.39 is 0 Å². The highest BCUT2D eigenvalue weighted by Gasteiger charge is 2.12. The molecule has 0 saturated heterocycles. The van der Waals surface area contributed by atoms with Crippen LogP contribution in [-0.4, -0.2) is 36.7 Å². The quantitative estimate of drug-likeness (QED) is 0.551. The van der Waals surface area contributed by atoms with Crippen LogP contribution in [0.5, 0.6) is 11.5 Å². The predicted molar refractivity (Wildman–Crippen MR) is 113 cm³/mol. The van der Waals surface area contributed by atoms with E-state index in [0.717, 1.165) is 36.7 Å². The minimum Gasteiger partial charge on any atom is -0.494 e. The van der Waals surface area contributed by atoms with Crippen molar-refractivity contribution >= 4 is 17.7 Å². The maximum atomic E-state index is 12.1. The molecule has 0 saturated carbocycles. The van der Waals surface area contributed by atoms with Crippen LogP contribution in [0, 0.1) is 0 Å². The lowest BCUT2D eigenvalue weighted by Gasteiger charge is -2.13. The Kier molecular flexibility index (Phi) is 9.63. The molecule has 146 valence electrons. The number of carbonyl (C=O) groups excluding carboxylic acids is 1. The van der Waals surface area contributed by atoms with Crippen LogP contribution in [0.3, 0.4) is 0 Å². The molecule has 0 heterocycles. The SMILES string of the molecule is CCCOc1ccc(OCCSC(C)C(=O)NCCc2ccccc2)cc1. The van der Waals surface area contributed by atoms with Crippen molar-refractivity contribution in [2.24, 2.45) is 0 Å². The second-order valence-corrected chi connectivity index (χ2v) is 7.66. The summed E-state index contributed by atoms with van der Waals surface area (Å²) < 4.78 is 11.3. The molecule has 0 aliphatic carbocycles. The van der Waals surface area contributed by atoms with Crippen LogP contribution in [0.1, 0.15) is 25.8 Å². The normalized spacial score (nSPS) is 11.6. The van der Waals surface area contributed by atoms with E-state index in [9.17, 15) is 4.79 Å². The highest BCUT2D eigenvalue weighted by atomic mass is 32.2. The number of nitrogens with one attached hydrogen (secondary N) is 1. The maximum Gasteiger partial charge on any atom is 0.232 e. The van der Waals surface area contributed by atoms with E-state index in [1.54, 1.807) is 11.8 Å². The first kappa shape index (κ1) is 21.2. The average molecular weight is 388 g/mol. The van der Waals surface area contributed by atoms with Crippen LogP contribution < -0.4 is 14.8 Å². The van der Waals surface area contributed by atoms with E-state index in [1.165, 1.54) is 5.56 Å². The van der Waals surface area contributed by atoms with Crippen LogP contribution in [0.2, 0.25) is 0 Å². The molecule has 0 fully saturated rings. The lowest BCUT2D eigenvalue weighted by Crippen LogP contribution is -2.32. The van der Waals surface area contributed by atoms with Gasteiger partial charge in [-0.25, -0.2) is 0 Å². The van der Waals surface area contributed by atoms with Gasteiger partial charge in [0.15, 0.2) is 0 Å². The van der Waals surface area contributed by atoms with Gasteiger partial charge in [-0.3, -0.25) is 4.79 Å². The number of rotatable bonds is 12. The Morgan fingerprint density at radius 1 is 1.00 bits per heavy atom. The average Bonchev–Trinajstić information content (AvgIpc) is 2.71. The number of benzene rings is 2. The Bertz CT molecular complexity index is 661. The number of hydrogen-bond acceptors (Lipinski definition) is 4. The Hall–Kier alpha value is -2.14. The highest BCUT2D eigenvalue weighted by Crippen LogP contribution is 2.18. The van der Waals surface area contributed by atoms with Gasteiger partial charge in [-0.2, -0.15) is 0 Å². The van der Waals surface area contributed by atoms with Crippen LogP contribution in [0.15, 0.2) is 54.6 Å². The number of ether oxygens (including phenoxy) is 2. The molecule has 0 aliphatic rings. The standard InChI is InChI=1S/C22H29NO3S/c1-3-15-25-20-9-11-21(12-10-20)26-16-17-27-18(2)22(24)23-14-13-19-7-5-4-6-8-19/h4-12,18H,3,13-17H2,1-2H3,(H,23,24). The molecule has 2 rings (SSSR count). The van der Waals surface area contributed by atoms with Gasteiger partial charge in [0.1, 0.15) is 11.5 Å². The Morgan fingerprint density at radius 2 is 1.63 bits per heavy atom. The van der Waals surface area contributed by atoms with Gasteiger partial charge in [0.2, 0.25) is 5.91 Å². The van der Waals surface area contributed by atoms with Crippen LogP contribution in [0.4, 0.5) is 0 Å². The number of amides is 1. The van der Waals surface area contributed by atoms with Crippen molar-refractivity contribution in [1.29, 1.82) is 0 Å². The van der Waals surface area contributed by atoms with Gasteiger partial charge in [0, 0.05) is 12.3 Å². The number of hydrogen-bond donors (Lipinski definition) is 1. The van der Waals surface area contributed by atoms with Gasteiger partial charge in [0.05, 0.1) is 18.5 Å². The van der Waals surface area contributed by atoms with E-state index in [-0.39, 0.29) is 11.2 Å².